The van der Waals surface area contributed by atoms with Gasteiger partial charge in [-0.15, -0.1) is 0 Å². The van der Waals surface area contributed by atoms with Crippen molar-refractivity contribution in [3.63, 3.8) is 0 Å². The number of piperazine rings is 1. The van der Waals surface area contributed by atoms with Gasteiger partial charge < -0.3 is 15.5 Å². The number of carbonyl (C=O) groups is 3. The number of benzene rings is 1. The predicted octanol–water partition coefficient (Wildman–Crippen LogP) is 1.99. The highest BCUT2D eigenvalue weighted by molar-refractivity contribution is 7.98. The molecule has 1 saturated heterocycles. The molecule has 1 fully saturated rings. The van der Waals surface area contributed by atoms with Crippen molar-refractivity contribution in [1.82, 2.24) is 10.6 Å². The first kappa shape index (κ1) is 19.8. The number of carbonyl (C=O) groups excluding carboxylic acids is 3. The van der Waals surface area contributed by atoms with Crippen molar-refractivity contribution in [2.75, 3.05) is 24.0 Å². The van der Waals surface area contributed by atoms with E-state index in [9.17, 15) is 14.4 Å². The van der Waals surface area contributed by atoms with Crippen LogP contribution < -0.4 is 15.5 Å². The minimum absolute atomic E-state index is 0.0133. The van der Waals surface area contributed by atoms with Crippen LogP contribution in [0, 0.1) is 5.92 Å². The fourth-order valence-corrected chi connectivity index (χ4v) is 5.13. The highest BCUT2D eigenvalue weighted by atomic mass is 32.2. The first-order valence-corrected chi connectivity index (χ1v) is 11.2. The van der Waals surface area contributed by atoms with Crippen LogP contribution in [0.2, 0.25) is 0 Å². The topological polar surface area (TPSA) is 78.5 Å². The molecule has 3 aliphatic rings. The second kappa shape index (κ2) is 7.71. The largest absolute Gasteiger partial charge is 0.374 e. The molecule has 0 radical (unpaired) electrons. The van der Waals surface area contributed by atoms with Crippen LogP contribution in [-0.2, 0) is 14.4 Å². The van der Waals surface area contributed by atoms with Gasteiger partial charge in [0, 0.05) is 29.8 Å². The Labute approximate surface area is 174 Å². The van der Waals surface area contributed by atoms with Gasteiger partial charge >= 0.3 is 0 Å². The number of hydrogen-bond donors (Lipinski definition) is 2. The number of anilines is 1. The molecule has 29 heavy (non-hydrogen) atoms. The lowest BCUT2D eigenvalue weighted by molar-refractivity contribution is -0.126. The summed E-state index contributed by atoms with van der Waals surface area (Å²) in [5, 5.41) is 6.46. The van der Waals surface area contributed by atoms with E-state index in [2.05, 4.69) is 10.6 Å². The number of amides is 2. The van der Waals surface area contributed by atoms with Gasteiger partial charge in [-0.2, -0.15) is 11.8 Å². The highest BCUT2D eigenvalue weighted by Gasteiger charge is 2.45. The molecule has 4 rings (SSSR count). The van der Waals surface area contributed by atoms with Gasteiger partial charge in [-0.1, -0.05) is 31.2 Å². The van der Waals surface area contributed by atoms with E-state index in [4.69, 9.17) is 0 Å². The second-order valence-electron chi connectivity index (χ2n) is 7.79. The molecular weight excluding hydrogens is 386 g/mol. The molecule has 2 N–H and O–H groups in total. The number of ketones is 1. The van der Waals surface area contributed by atoms with Gasteiger partial charge in [-0.25, -0.2) is 0 Å². The number of fused-ring (bicyclic) bond motifs is 1. The van der Waals surface area contributed by atoms with Gasteiger partial charge in [0.05, 0.1) is 12.0 Å². The smallest absolute Gasteiger partial charge is 0.243 e. The number of nitrogens with zero attached hydrogens (tertiary/aromatic N) is 1. The quantitative estimate of drug-likeness (QED) is 0.741. The Balaban J connectivity index is 1.73. The maximum Gasteiger partial charge on any atom is 0.243 e. The van der Waals surface area contributed by atoms with Crippen LogP contribution in [0.5, 0.6) is 0 Å². The van der Waals surface area contributed by atoms with E-state index in [0.717, 1.165) is 16.9 Å². The molecule has 152 valence electrons. The lowest BCUT2D eigenvalue weighted by Crippen LogP contribution is -2.60. The average Bonchev–Trinajstić information content (AvgIpc) is 3.24. The molecule has 0 aromatic heterocycles. The zero-order chi connectivity index (χ0) is 20.7. The summed E-state index contributed by atoms with van der Waals surface area (Å²) in [4.78, 5) is 39.9. The maximum absolute atomic E-state index is 13.1. The molecular formula is C22H25N3O3S. The van der Waals surface area contributed by atoms with Crippen molar-refractivity contribution in [2.24, 2.45) is 5.92 Å². The van der Waals surface area contributed by atoms with E-state index in [-0.39, 0.29) is 29.4 Å². The molecule has 2 heterocycles. The minimum atomic E-state index is -0.423. The molecule has 0 bridgehead atoms. The Bertz CT molecular complexity index is 939. The molecule has 0 saturated carbocycles. The zero-order valence-corrected chi connectivity index (χ0v) is 17.6. The van der Waals surface area contributed by atoms with Crippen molar-refractivity contribution in [1.29, 1.82) is 0 Å². The lowest BCUT2D eigenvalue weighted by atomic mass is 9.80. The van der Waals surface area contributed by atoms with E-state index in [1.54, 1.807) is 29.8 Å². The first-order chi connectivity index (χ1) is 13.9. The summed E-state index contributed by atoms with van der Waals surface area (Å²) in [6.07, 6.45) is 5.91. The van der Waals surface area contributed by atoms with Crippen molar-refractivity contribution in [2.45, 2.75) is 31.3 Å². The number of likely N-dealkylation sites (N-methyl/N-ethyl adjacent to an activating group) is 1. The molecule has 4 atom stereocenters. The van der Waals surface area contributed by atoms with Crippen LogP contribution in [-0.4, -0.2) is 48.7 Å². The highest BCUT2D eigenvalue weighted by Crippen LogP contribution is 2.43. The number of para-hydroxylation sites is 1. The summed E-state index contributed by atoms with van der Waals surface area (Å²) in [5.41, 5.74) is 3.30. The molecule has 1 aromatic rings. The summed E-state index contributed by atoms with van der Waals surface area (Å²) in [6, 6.07) is 6.95. The Morgan fingerprint density at radius 3 is 2.66 bits per heavy atom. The average molecular weight is 412 g/mol. The Morgan fingerprint density at radius 1 is 1.21 bits per heavy atom. The number of hydrogen-bond acceptors (Lipinski definition) is 5. The second-order valence-corrected chi connectivity index (χ2v) is 8.71. The maximum atomic E-state index is 13.1. The normalized spacial score (nSPS) is 29.7. The van der Waals surface area contributed by atoms with E-state index in [1.165, 1.54) is 0 Å². The van der Waals surface area contributed by atoms with Gasteiger partial charge in [0.25, 0.3) is 0 Å². The summed E-state index contributed by atoms with van der Waals surface area (Å²) < 4.78 is 0. The molecule has 6 nitrogen and oxygen atoms in total. The van der Waals surface area contributed by atoms with Crippen LogP contribution in [0.4, 0.5) is 5.69 Å². The van der Waals surface area contributed by atoms with Crippen molar-refractivity contribution in [3.8, 4) is 0 Å². The monoisotopic (exact) mass is 411 g/mol. The number of nitrogens with one attached hydrogen (secondary N) is 2. The first-order valence-electron chi connectivity index (χ1n) is 9.80. The number of allylic oxidation sites excluding steroid dienone is 3. The Hall–Kier alpha value is -2.54. The van der Waals surface area contributed by atoms with Gasteiger partial charge in [-0.05, 0) is 36.3 Å². The van der Waals surface area contributed by atoms with Crippen molar-refractivity contribution in [3.05, 3.63) is 53.3 Å². The molecule has 7 heteroatoms. The summed E-state index contributed by atoms with van der Waals surface area (Å²) in [6.45, 7) is 1.98. The Morgan fingerprint density at radius 2 is 1.97 bits per heavy atom. The van der Waals surface area contributed by atoms with Gasteiger partial charge in [0.1, 0.15) is 6.04 Å². The molecule has 1 aliphatic carbocycles. The van der Waals surface area contributed by atoms with E-state index in [1.807, 2.05) is 43.5 Å². The van der Waals surface area contributed by atoms with Crippen molar-refractivity contribution >= 4 is 35.0 Å². The SMILES string of the molecule is CSC[C@@H]1NC(=C2CC=CC2=O)[C@H]([C@@H](C)[C@@H]2C(=O)N(C)c3ccccc32)NC1=O. The lowest BCUT2D eigenvalue weighted by Gasteiger charge is -2.39. The van der Waals surface area contributed by atoms with Crippen LogP contribution in [0.1, 0.15) is 24.8 Å². The Kier molecular flexibility index (Phi) is 5.25. The van der Waals surface area contributed by atoms with Gasteiger partial charge in [-0.3, -0.25) is 14.4 Å². The summed E-state index contributed by atoms with van der Waals surface area (Å²) >= 11 is 1.58. The van der Waals surface area contributed by atoms with Gasteiger partial charge in [0.15, 0.2) is 5.78 Å². The van der Waals surface area contributed by atoms with E-state index < -0.39 is 12.1 Å². The molecule has 2 aliphatic heterocycles. The molecule has 0 unspecified atom stereocenters. The van der Waals surface area contributed by atoms with Crippen LogP contribution in [0.3, 0.4) is 0 Å². The molecule has 1 aromatic carbocycles. The summed E-state index contributed by atoms with van der Waals surface area (Å²) in [5.74, 6) is -0.0830. The molecule has 2 amide bonds. The third-order valence-electron chi connectivity index (χ3n) is 6.08. The number of thioether (sulfide) groups is 1. The fourth-order valence-electron chi connectivity index (χ4n) is 4.57. The number of rotatable bonds is 4. The van der Waals surface area contributed by atoms with Crippen LogP contribution >= 0.6 is 11.8 Å². The minimum Gasteiger partial charge on any atom is -0.374 e. The zero-order valence-electron chi connectivity index (χ0n) is 16.8. The third kappa shape index (κ3) is 3.27. The fraction of sp³-hybridized carbons (Fsp3) is 0.409. The molecule has 0 spiro atoms. The van der Waals surface area contributed by atoms with Crippen molar-refractivity contribution < 1.29 is 14.4 Å². The van der Waals surface area contributed by atoms with Crippen LogP contribution in [0.15, 0.2) is 47.7 Å². The van der Waals surface area contributed by atoms with Gasteiger partial charge in [0.2, 0.25) is 11.8 Å². The predicted molar refractivity (Wildman–Crippen MR) is 115 cm³/mol. The standard InChI is InChI=1S/C22H25N3O3S/c1-12(18-13-7-4-5-9-16(13)25(2)22(18)28)19-20(14-8-6-10-17(14)26)23-15(11-29-3)21(27)24-19/h4-7,9-10,12,15,18-19,23H,8,11H2,1-3H3,(H,24,27)/t12-,15-,18-,19-/m0/s1. The van der Waals surface area contributed by atoms with E-state index >= 15 is 0 Å². The van der Waals surface area contributed by atoms with E-state index in [0.29, 0.717) is 17.7 Å². The van der Waals surface area contributed by atoms with Crippen LogP contribution in [0.25, 0.3) is 0 Å². The third-order valence-corrected chi connectivity index (χ3v) is 6.75. The summed E-state index contributed by atoms with van der Waals surface area (Å²) in [7, 11) is 1.78.